The van der Waals surface area contributed by atoms with Crippen molar-refractivity contribution in [3.63, 3.8) is 0 Å². The molecule has 1 atom stereocenters. The first-order chi connectivity index (χ1) is 8.92. The number of aliphatic hydroxyl groups excluding tert-OH is 1. The zero-order valence-corrected chi connectivity index (χ0v) is 11.9. The molecule has 1 unspecified atom stereocenters. The third kappa shape index (κ3) is 3.44. The number of nitrogens with one attached hydrogen (secondary N) is 1. The van der Waals surface area contributed by atoms with Gasteiger partial charge in [0.2, 0.25) is 5.82 Å². The highest BCUT2D eigenvalue weighted by atomic mass is 16.6. The highest BCUT2D eigenvalue weighted by Gasteiger charge is 2.27. The molecule has 7 nitrogen and oxygen atoms in total. The summed E-state index contributed by atoms with van der Waals surface area (Å²) in [6, 6.07) is -0.0231. The summed E-state index contributed by atoms with van der Waals surface area (Å²) >= 11 is 0. The minimum absolute atomic E-state index is 0.0189. The number of aliphatic hydroxyl groups is 1. The Labute approximate surface area is 112 Å². The Kier molecular flexibility index (Phi) is 5.29. The van der Waals surface area contributed by atoms with Gasteiger partial charge < -0.3 is 10.4 Å². The quantitative estimate of drug-likeness (QED) is 0.583. The summed E-state index contributed by atoms with van der Waals surface area (Å²) in [7, 11) is 0. The van der Waals surface area contributed by atoms with E-state index in [4.69, 9.17) is 5.11 Å². The van der Waals surface area contributed by atoms with Crippen molar-refractivity contribution in [2.45, 2.75) is 46.7 Å². The molecular weight excluding hydrogens is 248 g/mol. The molecular formula is C12H22N4O3. The van der Waals surface area contributed by atoms with Crippen molar-refractivity contribution < 1.29 is 10.0 Å². The largest absolute Gasteiger partial charge is 0.396 e. The minimum Gasteiger partial charge on any atom is -0.396 e. The van der Waals surface area contributed by atoms with Gasteiger partial charge in [-0.1, -0.05) is 13.8 Å². The molecule has 1 aromatic heterocycles. The van der Waals surface area contributed by atoms with Gasteiger partial charge in [-0.25, -0.2) is 4.68 Å². The van der Waals surface area contributed by atoms with Crippen LogP contribution in [0.25, 0.3) is 0 Å². The van der Waals surface area contributed by atoms with Gasteiger partial charge >= 0.3 is 5.69 Å². The fraction of sp³-hybridized carbons (Fsp3) is 0.750. The highest BCUT2D eigenvalue weighted by molar-refractivity contribution is 5.60. The molecule has 0 radical (unpaired) electrons. The van der Waals surface area contributed by atoms with Crippen molar-refractivity contribution in [2.24, 2.45) is 5.92 Å². The van der Waals surface area contributed by atoms with Crippen LogP contribution >= 0.6 is 0 Å². The third-order valence-corrected chi connectivity index (χ3v) is 3.14. The van der Waals surface area contributed by atoms with Crippen molar-refractivity contribution in [1.29, 1.82) is 0 Å². The molecule has 1 rings (SSSR count). The average molecular weight is 270 g/mol. The summed E-state index contributed by atoms with van der Waals surface area (Å²) in [6.45, 7) is 8.14. The third-order valence-electron chi connectivity index (χ3n) is 3.14. The van der Waals surface area contributed by atoms with Crippen molar-refractivity contribution in [3.8, 4) is 0 Å². The van der Waals surface area contributed by atoms with E-state index in [1.165, 1.54) is 0 Å². The lowest BCUT2D eigenvalue weighted by Gasteiger charge is -2.22. The van der Waals surface area contributed by atoms with E-state index >= 15 is 0 Å². The molecule has 0 aliphatic rings. The second-order valence-electron chi connectivity index (χ2n) is 4.86. The van der Waals surface area contributed by atoms with Gasteiger partial charge in [-0.15, -0.1) is 0 Å². The SMILES string of the molecule is CCn1nc(C)c([N+](=O)[O-])c1NC(CCO)C(C)C. The van der Waals surface area contributed by atoms with Gasteiger partial charge in [-0.05, 0) is 26.2 Å². The van der Waals surface area contributed by atoms with Crippen LogP contribution in [0.1, 0.15) is 32.9 Å². The van der Waals surface area contributed by atoms with E-state index in [-0.39, 0.29) is 24.3 Å². The van der Waals surface area contributed by atoms with Gasteiger partial charge in [0, 0.05) is 19.2 Å². The van der Waals surface area contributed by atoms with Gasteiger partial charge in [-0.3, -0.25) is 10.1 Å². The van der Waals surface area contributed by atoms with Crippen LogP contribution in [0.5, 0.6) is 0 Å². The zero-order valence-electron chi connectivity index (χ0n) is 11.9. The van der Waals surface area contributed by atoms with E-state index in [2.05, 4.69) is 10.4 Å². The van der Waals surface area contributed by atoms with Crippen molar-refractivity contribution in [1.82, 2.24) is 9.78 Å². The Morgan fingerprint density at radius 3 is 2.58 bits per heavy atom. The molecule has 0 fully saturated rings. The fourth-order valence-electron chi connectivity index (χ4n) is 2.05. The molecule has 0 amide bonds. The lowest BCUT2D eigenvalue weighted by Crippen LogP contribution is -2.28. The maximum Gasteiger partial charge on any atom is 0.333 e. The highest BCUT2D eigenvalue weighted by Crippen LogP contribution is 2.29. The van der Waals surface area contributed by atoms with E-state index in [0.717, 1.165) is 0 Å². The predicted octanol–water partition coefficient (Wildman–Crippen LogP) is 1.94. The van der Waals surface area contributed by atoms with E-state index in [1.807, 2.05) is 20.8 Å². The summed E-state index contributed by atoms with van der Waals surface area (Å²) < 4.78 is 1.60. The zero-order chi connectivity index (χ0) is 14.6. The molecule has 0 aromatic carbocycles. The summed E-state index contributed by atoms with van der Waals surface area (Å²) in [5, 5.41) is 27.6. The van der Waals surface area contributed by atoms with Gasteiger partial charge in [0.15, 0.2) is 0 Å². The number of aromatic nitrogens is 2. The standard InChI is InChI=1S/C12H22N4O3/c1-5-15-12(11(16(18)19)9(4)14-15)13-10(6-7-17)8(2)3/h8,10,13,17H,5-7H2,1-4H3. The van der Waals surface area contributed by atoms with E-state index in [1.54, 1.807) is 11.6 Å². The van der Waals surface area contributed by atoms with Gasteiger partial charge in [0.25, 0.3) is 0 Å². The van der Waals surface area contributed by atoms with Crippen LogP contribution < -0.4 is 5.32 Å². The lowest BCUT2D eigenvalue weighted by molar-refractivity contribution is -0.384. The molecule has 108 valence electrons. The second kappa shape index (κ2) is 6.51. The van der Waals surface area contributed by atoms with Crippen molar-refractivity contribution >= 4 is 11.5 Å². The Morgan fingerprint density at radius 2 is 2.16 bits per heavy atom. The number of nitrogens with zero attached hydrogens (tertiary/aromatic N) is 3. The summed E-state index contributed by atoms with van der Waals surface area (Å²) in [4.78, 5) is 10.7. The number of hydrogen-bond donors (Lipinski definition) is 2. The Balaban J connectivity index is 3.13. The second-order valence-corrected chi connectivity index (χ2v) is 4.86. The van der Waals surface area contributed by atoms with E-state index < -0.39 is 4.92 Å². The van der Waals surface area contributed by atoms with Crippen LogP contribution in [-0.4, -0.2) is 32.5 Å². The molecule has 1 aromatic rings. The minimum atomic E-state index is -0.410. The summed E-state index contributed by atoms with van der Waals surface area (Å²) in [6.07, 6.45) is 0.544. The van der Waals surface area contributed by atoms with Crippen LogP contribution in [0.2, 0.25) is 0 Å². The molecule has 0 spiro atoms. The molecule has 7 heteroatoms. The first-order valence-electron chi connectivity index (χ1n) is 6.51. The van der Waals surface area contributed by atoms with Gasteiger partial charge in [0.1, 0.15) is 5.69 Å². The van der Waals surface area contributed by atoms with E-state index in [0.29, 0.717) is 24.5 Å². The monoisotopic (exact) mass is 270 g/mol. The van der Waals surface area contributed by atoms with Crippen LogP contribution in [0, 0.1) is 23.0 Å². The molecule has 1 heterocycles. The average Bonchev–Trinajstić information content (AvgIpc) is 2.64. The van der Waals surface area contributed by atoms with Crippen LogP contribution in [0.4, 0.5) is 11.5 Å². The topological polar surface area (TPSA) is 93.2 Å². The lowest BCUT2D eigenvalue weighted by atomic mass is 10.0. The molecule has 2 N–H and O–H groups in total. The van der Waals surface area contributed by atoms with Crippen molar-refractivity contribution in [3.05, 3.63) is 15.8 Å². The van der Waals surface area contributed by atoms with Gasteiger partial charge in [0.05, 0.1) is 4.92 Å². The molecule has 0 aliphatic heterocycles. The van der Waals surface area contributed by atoms with E-state index in [9.17, 15) is 10.1 Å². The van der Waals surface area contributed by atoms with Gasteiger partial charge in [-0.2, -0.15) is 5.10 Å². The summed E-state index contributed by atoms with van der Waals surface area (Å²) in [5.41, 5.74) is 0.422. The molecule has 0 aliphatic carbocycles. The maximum absolute atomic E-state index is 11.1. The smallest absolute Gasteiger partial charge is 0.333 e. The fourth-order valence-corrected chi connectivity index (χ4v) is 2.05. The predicted molar refractivity (Wildman–Crippen MR) is 73.2 cm³/mol. The number of anilines is 1. The molecule has 0 saturated heterocycles. The maximum atomic E-state index is 11.1. The van der Waals surface area contributed by atoms with Crippen LogP contribution in [0.3, 0.4) is 0 Å². The summed E-state index contributed by atoms with van der Waals surface area (Å²) in [5.74, 6) is 0.685. The molecule has 19 heavy (non-hydrogen) atoms. The van der Waals surface area contributed by atoms with Crippen molar-refractivity contribution in [2.75, 3.05) is 11.9 Å². The number of hydrogen-bond acceptors (Lipinski definition) is 5. The molecule has 0 saturated carbocycles. The number of rotatable bonds is 7. The first-order valence-corrected chi connectivity index (χ1v) is 6.51. The first kappa shape index (κ1) is 15.4. The van der Waals surface area contributed by atoms with Crippen LogP contribution in [-0.2, 0) is 6.54 Å². The Hall–Kier alpha value is -1.63. The number of aryl methyl sites for hydroxylation is 2. The van der Waals surface area contributed by atoms with Crippen LogP contribution in [0.15, 0.2) is 0 Å². The molecule has 0 bridgehead atoms. The Bertz CT molecular complexity index is 442. The number of nitro groups is 1. The normalized spacial score (nSPS) is 12.7. The Morgan fingerprint density at radius 1 is 1.53 bits per heavy atom.